The summed E-state index contributed by atoms with van der Waals surface area (Å²) >= 11 is 5.84. The minimum Gasteiger partial charge on any atom is -0.321 e. The number of nitrogens with one attached hydrogen (secondary N) is 1. The molecule has 138 valence electrons. The fourth-order valence-electron chi connectivity index (χ4n) is 2.85. The van der Waals surface area contributed by atoms with Gasteiger partial charge < -0.3 is 5.32 Å². The molecule has 1 heterocycles. The summed E-state index contributed by atoms with van der Waals surface area (Å²) in [6.07, 6.45) is 2.68. The zero-order chi connectivity index (χ0) is 18.7. The minimum absolute atomic E-state index is 0.0670. The Morgan fingerprint density at radius 3 is 2.50 bits per heavy atom. The predicted octanol–water partition coefficient (Wildman–Crippen LogP) is 3.91. The van der Waals surface area contributed by atoms with Gasteiger partial charge in [-0.2, -0.15) is 4.31 Å². The molecule has 0 saturated carbocycles. The molecule has 5 nitrogen and oxygen atoms in total. The molecule has 0 radical (unpaired) electrons. The van der Waals surface area contributed by atoms with Gasteiger partial charge in [0, 0.05) is 18.7 Å². The van der Waals surface area contributed by atoms with Crippen molar-refractivity contribution in [2.24, 2.45) is 0 Å². The van der Waals surface area contributed by atoms with Crippen molar-refractivity contribution >= 4 is 33.2 Å². The van der Waals surface area contributed by atoms with E-state index >= 15 is 0 Å². The lowest BCUT2D eigenvalue weighted by Crippen LogP contribution is -2.35. The molecule has 3 rings (SSSR count). The summed E-state index contributed by atoms with van der Waals surface area (Å²) in [4.78, 5) is 12.5. The van der Waals surface area contributed by atoms with E-state index in [4.69, 9.17) is 11.6 Å². The molecule has 1 fully saturated rings. The third-order valence-corrected chi connectivity index (χ3v) is 6.53. The number of sulfonamides is 1. The van der Waals surface area contributed by atoms with Crippen molar-refractivity contribution in [3.8, 4) is 0 Å². The first-order valence-corrected chi connectivity index (χ1v) is 10.1. The van der Waals surface area contributed by atoms with Crippen LogP contribution in [0.25, 0.3) is 0 Å². The molecule has 1 aliphatic rings. The Bertz CT molecular complexity index is 928. The highest BCUT2D eigenvalue weighted by atomic mass is 35.5. The van der Waals surface area contributed by atoms with Crippen molar-refractivity contribution < 1.29 is 17.6 Å². The summed E-state index contributed by atoms with van der Waals surface area (Å²) < 4.78 is 40.4. The molecule has 1 N–H and O–H groups in total. The number of carbonyl (C=O) groups is 1. The monoisotopic (exact) mass is 396 g/mol. The molecule has 8 heteroatoms. The molecule has 0 aromatic heterocycles. The summed E-state index contributed by atoms with van der Waals surface area (Å²) in [7, 11) is -3.64. The lowest BCUT2D eigenvalue weighted by Gasteiger charge is -2.26. The normalized spacial score (nSPS) is 15.6. The van der Waals surface area contributed by atoms with E-state index in [1.54, 1.807) is 0 Å². The summed E-state index contributed by atoms with van der Waals surface area (Å²) in [5, 5.41) is 2.31. The maximum Gasteiger partial charge on any atom is 0.255 e. The first-order valence-electron chi connectivity index (χ1n) is 8.25. The first kappa shape index (κ1) is 18.8. The third-order valence-electron chi connectivity index (χ3n) is 4.25. The summed E-state index contributed by atoms with van der Waals surface area (Å²) in [5.41, 5.74) is 0.282. The Morgan fingerprint density at radius 2 is 1.77 bits per heavy atom. The van der Waals surface area contributed by atoms with Crippen LogP contribution >= 0.6 is 11.6 Å². The van der Waals surface area contributed by atoms with Crippen molar-refractivity contribution in [3.63, 3.8) is 0 Å². The number of piperidine rings is 1. The van der Waals surface area contributed by atoms with E-state index in [0.717, 1.165) is 19.3 Å². The van der Waals surface area contributed by atoms with E-state index in [2.05, 4.69) is 5.32 Å². The smallest absolute Gasteiger partial charge is 0.255 e. The second-order valence-corrected chi connectivity index (χ2v) is 8.36. The molecule has 2 aromatic rings. The van der Waals surface area contributed by atoms with Gasteiger partial charge in [0.05, 0.1) is 15.6 Å². The van der Waals surface area contributed by atoms with E-state index in [1.165, 1.54) is 46.8 Å². The van der Waals surface area contributed by atoms with Gasteiger partial charge in [0.25, 0.3) is 5.91 Å². The van der Waals surface area contributed by atoms with Gasteiger partial charge >= 0.3 is 0 Å². The second-order valence-electron chi connectivity index (χ2n) is 6.05. The molecule has 1 aliphatic heterocycles. The van der Waals surface area contributed by atoms with Gasteiger partial charge in [0.15, 0.2) is 0 Å². The summed E-state index contributed by atoms with van der Waals surface area (Å²) in [6.45, 7) is 0.968. The number of halogens is 2. The zero-order valence-corrected chi connectivity index (χ0v) is 15.5. The van der Waals surface area contributed by atoms with Crippen LogP contribution in [0.1, 0.15) is 29.6 Å². The van der Waals surface area contributed by atoms with E-state index in [0.29, 0.717) is 13.1 Å². The molecule has 26 heavy (non-hydrogen) atoms. The van der Waals surface area contributed by atoms with Crippen molar-refractivity contribution in [3.05, 3.63) is 58.9 Å². The van der Waals surface area contributed by atoms with E-state index in [-0.39, 0.29) is 21.2 Å². The molecular weight excluding hydrogens is 379 g/mol. The van der Waals surface area contributed by atoms with Crippen LogP contribution in [0.5, 0.6) is 0 Å². The van der Waals surface area contributed by atoms with Crippen LogP contribution in [0.15, 0.2) is 47.4 Å². The quantitative estimate of drug-likeness (QED) is 0.852. The van der Waals surface area contributed by atoms with Gasteiger partial charge in [-0.25, -0.2) is 12.8 Å². The Morgan fingerprint density at radius 1 is 1.08 bits per heavy atom. The number of benzene rings is 2. The summed E-state index contributed by atoms with van der Waals surface area (Å²) in [5.74, 6) is -1.21. The lowest BCUT2D eigenvalue weighted by molar-refractivity contribution is 0.102. The number of hydrogen-bond donors (Lipinski definition) is 1. The second kappa shape index (κ2) is 7.73. The SMILES string of the molecule is O=C(Nc1cccc(F)c1Cl)c1cccc(S(=O)(=O)N2CCCCC2)c1. The number of rotatable bonds is 4. The number of carbonyl (C=O) groups excluding carboxylic acids is 1. The summed E-state index contributed by atoms with van der Waals surface area (Å²) in [6, 6.07) is 9.88. The topological polar surface area (TPSA) is 66.5 Å². The zero-order valence-electron chi connectivity index (χ0n) is 13.9. The molecule has 0 spiro atoms. The van der Waals surface area contributed by atoms with Gasteiger partial charge in [-0.15, -0.1) is 0 Å². The molecule has 1 saturated heterocycles. The van der Waals surface area contributed by atoms with Crippen molar-refractivity contribution in [1.29, 1.82) is 0 Å². The maximum absolute atomic E-state index is 13.5. The van der Waals surface area contributed by atoms with Crippen LogP contribution in [0, 0.1) is 5.82 Å². The van der Waals surface area contributed by atoms with Gasteiger partial charge in [0.1, 0.15) is 5.82 Å². The Hall–Kier alpha value is -1.96. The van der Waals surface area contributed by atoms with E-state index < -0.39 is 21.7 Å². The number of amides is 1. The molecule has 0 aliphatic carbocycles. The molecular formula is C18H18ClFN2O3S. The fourth-order valence-corrected chi connectivity index (χ4v) is 4.58. The molecule has 0 unspecified atom stereocenters. The van der Waals surface area contributed by atoms with Crippen LogP contribution < -0.4 is 5.32 Å². The average molecular weight is 397 g/mol. The highest BCUT2D eigenvalue weighted by Gasteiger charge is 2.26. The van der Waals surface area contributed by atoms with Gasteiger partial charge in [-0.3, -0.25) is 4.79 Å². The predicted molar refractivity (Wildman–Crippen MR) is 98.4 cm³/mol. The van der Waals surface area contributed by atoms with E-state index in [1.807, 2.05) is 0 Å². The highest BCUT2D eigenvalue weighted by Crippen LogP contribution is 2.26. The lowest BCUT2D eigenvalue weighted by atomic mass is 10.2. The fraction of sp³-hybridized carbons (Fsp3) is 0.278. The molecule has 1 amide bonds. The first-order chi connectivity index (χ1) is 12.4. The number of nitrogens with zero attached hydrogens (tertiary/aromatic N) is 1. The largest absolute Gasteiger partial charge is 0.321 e. The van der Waals surface area contributed by atoms with Crippen LogP contribution in [-0.4, -0.2) is 31.7 Å². The van der Waals surface area contributed by atoms with Gasteiger partial charge in [-0.1, -0.05) is 30.2 Å². The van der Waals surface area contributed by atoms with Crippen LogP contribution in [-0.2, 0) is 10.0 Å². The Balaban J connectivity index is 1.84. The Kier molecular flexibility index (Phi) is 5.60. The van der Waals surface area contributed by atoms with Crippen molar-refractivity contribution in [2.45, 2.75) is 24.2 Å². The number of hydrogen-bond acceptors (Lipinski definition) is 3. The van der Waals surface area contributed by atoms with Crippen molar-refractivity contribution in [1.82, 2.24) is 4.31 Å². The molecule has 0 atom stereocenters. The number of anilines is 1. The van der Waals surface area contributed by atoms with Crippen LogP contribution in [0.3, 0.4) is 0 Å². The van der Waals surface area contributed by atoms with E-state index in [9.17, 15) is 17.6 Å². The maximum atomic E-state index is 13.5. The van der Waals surface area contributed by atoms with Crippen LogP contribution in [0.2, 0.25) is 5.02 Å². The third kappa shape index (κ3) is 3.90. The minimum atomic E-state index is -3.64. The van der Waals surface area contributed by atoms with Crippen molar-refractivity contribution in [2.75, 3.05) is 18.4 Å². The van der Waals surface area contributed by atoms with Crippen LogP contribution in [0.4, 0.5) is 10.1 Å². The highest BCUT2D eigenvalue weighted by molar-refractivity contribution is 7.89. The van der Waals surface area contributed by atoms with Gasteiger partial charge in [0.2, 0.25) is 10.0 Å². The standard InChI is InChI=1S/C18H18ClFN2O3S/c19-17-15(20)8-5-9-16(17)21-18(23)13-6-4-7-14(12-13)26(24,25)22-10-2-1-3-11-22/h4-9,12H,1-3,10-11H2,(H,21,23). The molecule has 2 aromatic carbocycles. The van der Waals surface area contributed by atoms with Gasteiger partial charge in [-0.05, 0) is 43.2 Å². The molecule has 0 bridgehead atoms. The average Bonchev–Trinajstić information content (AvgIpc) is 2.66. The Labute approximate surface area is 156 Å².